The Bertz CT molecular complexity index is 273. The minimum atomic E-state index is -0.405. The molecule has 1 aliphatic rings. The molecule has 1 saturated carbocycles. The van der Waals surface area contributed by atoms with Gasteiger partial charge in [-0.1, -0.05) is 52.9 Å². The highest BCUT2D eigenvalue weighted by molar-refractivity contribution is 5.67. The van der Waals surface area contributed by atoms with Crippen molar-refractivity contribution in [3.8, 4) is 12.8 Å². The lowest BCUT2D eigenvalue weighted by atomic mass is 9.81. The first-order valence-corrected chi connectivity index (χ1v) is 8.18. The fourth-order valence-corrected chi connectivity index (χ4v) is 2.43. The number of carbonyl (C=O) groups is 1. The molecule has 21 heavy (non-hydrogen) atoms. The first-order chi connectivity index (χ1) is 9.88. The van der Waals surface area contributed by atoms with E-state index in [1.54, 1.807) is 0 Å². The Balaban J connectivity index is 0. The van der Waals surface area contributed by atoms with Crippen molar-refractivity contribution < 1.29 is 9.53 Å². The van der Waals surface area contributed by atoms with Gasteiger partial charge in [-0.2, -0.15) is 0 Å². The van der Waals surface area contributed by atoms with Gasteiger partial charge in [0.1, 0.15) is 5.60 Å². The zero-order valence-corrected chi connectivity index (χ0v) is 14.9. The molecule has 0 aliphatic heterocycles. The van der Waals surface area contributed by atoms with Crippen molar-refractivity contribution in [2.45, 2.75) is 79.2 Å². The number of rotatable bonds is 3. The Kier molecular flexibility index (Phi) is 13.2. The van der Waals surface area contributed by atoms with Crippen LogP contribution in [0.5, 0.6) is 0 Å². The molecule has 124 valence electrons. The summed E-state index contributed by atoms with van der Waals surface area (Å²) in [5.74, 6) is 1.33. The molecule has 0 radical (unpaired) electrons. The summed E-state index contributed by atoms with van der Waals surface area (Å²) in [6, 6.07) is 0. The number of hydrogen-bond acceptors (Lipinski definition) is 2. The molecule has 0 spiro atoms. The van der Waals surface area contributed by atoms with Crippen molar-refractivity contribution in [3.05, 3.63) is 0 Å². The molecule has 0 aromatic carbocycles. The zero-order valence-electron chi connectivity index (χ0n) is 14.9. The van der Waals surface area contributed by atoms with E-state index in [1.807, 2.05) is 34.6 Å². The minimum absolute atomic E-state index is 0.292. The van der Waals surface area contributed by atoms with Crippen LogP contribution in [0.1, 0.15) is 73.6 Å². The topological polar surface area (TPSA) is 38.3 Å². The van der Waals surface area contributed by atoms with Crippen LogP contribution in [0.25, 0.3) is 0 Å². The maximum Gasteiger partial charge on any atom is 0.407 e. The van der Waals surface area contributed by atoms with Gasteiger partial charge in [0.2, 0.25) is 0 Å². The molecule has 0 aromatic heterocycles. The van der Waals surface area contributed by atoms with Crippen LogP contribution in [0.3, 0.4) is 0 Å². The number of terminal acetylenes is 1. The third kappa shape index (κ3) is 12.3. The van der Waals surface area contributed by atoms with Crippen molar-refractivity contribution in [3.63, 3.8) is 0 Å². The van der Waals surface area contributed by atoms with Gasteiger partial charge in [-0.05, 0) is 32.6 Å². The number of ether oxygens (including phenoxy) is 1. The summed E-state index contributed by atoms with van der Waals surface area (Å²) in [5.41, 5.74) is -0.405. The van der Waals surface area contributed by atoms with Crippen LogP contribution in [0, 0.1) is 24.7 Å². The van der Waals surface area contributed by atoms with Crippen LogP contribution in [-0.2, 0) is 4.74 Å². The highest BCUT2D eigenvalue weighted by Gasteiger charge is 2.21. The monoisotopic (exact) mass is 297 g/mol. The van der Waals surface area contributed by atoms with Crippen molar-refractivity contribution in [2.24, 2.45) is 11.8 Å². The van der Waals surface area contributed by atoms with Gasteiger partial charge in [-0.25, -0.2) is 4.79 Å². The van der Waals surface area contributed by atoms with E-state index < -0.39 is 5.60 Å². The number of hydrogen-bond donors (Lipinski definition) is 1. The Morgan fingerprint density at radius 2 is 1.67 bits per heavy atom. The summed E-state index contributed by atoms with van der Waals surface area (Å²) in [6.45, 7) is 12.6. The molecular weight excluding hydrogens is 262 g/mol. The molecular formula is C18H35NO2. The minimum Gasteiger partial charge on any atom is -0.444 e. The van der Waals surface area contributed by atoms with Gasteiger partial charge in [0.25, 0.3) is 0 Å². The van der Waals surface area contributed by atoms with Crippen LogP contribution >= 0.6 is 0 Å². The van der Waals surface area contributed by atoms with Crippen LogP contribution in [-0.4, -0.2) is 18.2 Å². The van der Waals surface area contributed by atoms with Crippen LogP contribution in [0.4, 0.5) is 4.79 Å². The van der Waals surface area contributed by atoms with E-state index in [1.165, 1.54) is 32.1 Å². The van der Waals surface area contributed by atoms with Gasteiger partial charge in [-0.15, -0.1) is 12.8 Å². The quantitative estimate of drug-likeness (QED) is 0.744. The molecule has 0 bridgehead atoms. The van der Waals surface area contributed by atoms with E-state index in [-0.39, 0.29) is 6.09 Å². The third-order valence-electron chi connectivity index (χ3n) is 3.42. The average molecular weight is 297 g/mol. The zero-order chi connectivity index (χ0) is 16.9. The predicted octanol–water partition coefficient (Wildman–Crippen LogP) is 5.00. The van der Waals surface area contributed by atoms with Crippen LogP contribution in [0.15, 0.2) is 0 Å². The third-order valence-corrected chi connectivity index (χ3v) is 3.42. The Morgan fingerprint density at radius 3 is 2.10 bits per heavy atom. The Hall–Kier alpha value is -1.17. The average Bonchev–Trinajstić information content (AvgIpc) is 2.48. The van der Waals surface area contributed by atoms with Gasteiger partial charge in [0, 0.05) is 6.54 Å². The molecule has 3 nitrogen and oxygen atoms in total. The van der Waals surface area contributed by atoms with Gasteiger partial charge in [0.05, 0.1) is 0 Å². The van der Waals surface area contributed by atoms with E-state index in [4.69, 9.17) is 4.74 Å². The summed E-state index contributed by atoms with van der Waals surface area (Å²) >= 11 is 0. The number of carbonyl (C=O) groups excluding carboxylic acids is 1. The largest absolute Gasteiger partial charge is 0.444 e. The molecule has 1 aliphatic carbocycles. The van der Waals surface area contributed by atoms with Crippen LogP contribution in [0.2, 0.25) is 0 Å². The lowest BCUT2D eigenvalue weighted by Gasteiger charge is -2.28. The molecule has 0 saturated heterocycles. The summed E-state index contributed by atoms with van der Waals surface area (Å²) in [7, 11) is 0. The lowest BCUT2D eigenvalue weighted by molar-refractivity contribution is 0.0512. The highest BCUT2D eigenvalue weighted by Crippen LogP contribution is 2.29. The summed E-state index contributed by atoms with van der Waals surface area (Å²) in [5, 5.41) is 2.88. The standard InChI is InChI=1S/C14H27NO2.C2H6.C2H2/c1-11(12-8-6-5-7-9-12)10-15-13(16)17-14(2,3)4;2*1-2/h11-12H,5-10H2,1-4H3,(H,15,16);1-2H3;1-2H. The molecule has 3 heteroatoms. The number of amides is 1. The molecule has 1 rings (SSSR count). The van der Waals surface area contributed by atoms with E-state index in [9.17, 15) is 4.79 Å². The van der Waals surface area contributed by atoms with Crippen molar-refractivity contribution in [1.82, 2.24) is 5.32 Å². The molecule has 0 aromatic rings. The normalized spacial score (nSPS) is 16.4. The van der Waals surface area contributed by atoms with Crippen molar-refractivity contribution in [1.29, 1.82) is 0 Å². The molecule has 1 unspecified atom stereocenters. The van der Waals surface area contributed by atoms with E-state index >= 15 is 0 Å². The second kappa shape index (κ2) is 12.6. The molecule has 1 amide bonds. The fourth-order valence-electron chi connectivity index (χ4n) is 2.43. The fraction of sp³-hybridized carbons (Fsp3) is 0.833. The predicted molar refractivity (Wildman–Crippen MR) is 91.2 cm³/mol. The van der Waals surface area contributed by atoms with Gasteiger partial charge in [-0.3, -0.25) is 0 Å². The molecule has 1 fully saturated rings. The highest BCUT2D eigenvalue weighted by atomic mass is 16.6. The van der Waals surface area contributed by atoms with Crippen LogP contribution < -0.4 is 5.32 Å². The Labute approximate surface area is 132 Å². The second-order valence-corrected chi connectivity index (χ2v) is 6.26. The lowest BCUT2D eigenvalue weighted by Crippen LogP contribution is -2.36. The first-order valence-electron chi connectivity index (χ1n) is 8.18. The molecule has 1 atom stereocenters. The summed E-state index contributed by atoms with van der Waals surface area (Å²) in [4.78, 5) is 11.5. The Morgan fingerprint density at radius 1 is 1.19 bits per heavy atom. The first kappa shape index (κ1) is 22.1. The maximum absolute atomic E-state index is 11.5. The van der Waals surface area contributed by atoms with Gasteiger partial charge in [0.15, 0.2) is 0 Å². The molecule has 1 N–H and O–H groups in total. The second-order valence-electron chi connectivity index (χ2n) is 6.26. The number of alkyl carbamates (subject to hydrolysis) is 1. The summed E-state index contributed by atoms with van der Waals surface area (Å²) < 4.78 is 5.23. The summed E-state index contributed by atoms with van der Waals surface area (Å²) in [6.07, 6.45) is 14.4. The van der Waals surface area contributed by atoms with Crippen molar-refractivity contribution >= 4 is 6.09 Å². The van der Waals surface area contributed by atoms with Crippen molar-refractivity contribution in [2.75, 3.05) is 6.54 Å². The smallest absolute Gasteiger partial charge is 0.407 e. The van der Waals surface area contributed by atoms with Gasteiger partial charge < -0.3 is 10.1 Å². The maximum atomic E-state index is 11.5. The van der Waals surface area contributed by atoms with E-state index in [0.717, 1.165) is 12.5 Å². The number of nitrogens with one attached hydrogen (secondary N) is 1. The molecule has 0 heterocycles. The van der Waals surface area contributed by atoms with Gasteiger partial charge >= 0.3 is 6.09 Å². The van der Waals surface area contributed by atoms with E-state index in [2.05, 4.69) is 25.1 Å². The SMILES string of the molecule is C#C.CC.CC(CNC(=O)OC(C)(C)C)C1CCCCC1. The van der Waals surface area contributed by atoms with E-state index in [0.29, 0.717) is 5.92 Å².